The molecule has 0 aromatic carbocycles. The number of likely N-dealkylation sites (tertiary alicyclic amines) is 1. The number of fused-ring (bicyclic) bond motifs is 1. The first-order valence-electron chi connectivity index (χ1n) is 8.97. The minimum atomic E-state index is -1.63. The van der Waals surface area contributed by atoms with Crippen LogP contribution in [0.15, 0.2) is 0 Å². The van der Waals surface area contributed by atoms with Crippen LogP contribution in [0, 0.1) is 11.8 Å². The molecule has 2 heterocycles. The van der Waals surface area contributed by atoms with E-state index >= 15 is 0 Å². The van der Waals surface area contributed by atoms with Gasteiger partial charge >= 0.3 is 0 Å². The van der Waals surface area contributed by atoms with Crippen LogP contribution in [-0.4, -0.2) is 54.2 Å². The number of hydrogen-bond acceptors (Lipinski definition) is 3. The number of alkyl halides is 1. The number of amides is 2. The summed E-state index contributed by atoms with van der Waals surface area (Å²) in [6.07, 6.45) is 4.92. The Bertz CT molecular complexity index is 504. The molecule has 4 fully saturated rings. The van der Waals surface area contributed by atoms with Gasteiger partial charge in [0.25, 0.3) is 5.91 Å². The molecular formula is C17H25FN2O3. The fourth-order valence-electron chi connectivity index (χ4n) is 3.95. The minimum absolute atomic E-state index is 0.0230. The molecule has 0 bridgehead atoms. The lowest BCUT2D eigenvalue weighted by Gasteiger charge is -2.41. The highest BCUT2D eigenvalue weighted by Crippen LogP contribution is 2.40. The second-order valence-electron chi connectivity index (χ2n) is 7.71. The van der Waals surface area contributed by atoms with Crippen LogP contribution in [0.4, 0.5) is 4.39 Å². The van der Waals surface area contributed by atoms with Gasteiger partial charge in [0.2, 0.25) is 5.91 Å². The number of hydrogen-bond donors (Lipinski definition) is 1. The second-order valence-corrected chi connectivity index (χ2v) is 7.71. The van der Waals surface area contributed by atoms with E-state index in [-0.39, 0.29) is 17.9 Å². The van der Waals surface area contributed by atoms with Gasteiger partial charge in [-0.3, -0.25) is 9.59 Å². The molecule has 2 amide bonds. The predicted molar refractivity (Wildman–Crippen MR) is 81.4 cm³/mol. The van der Waals surface area contributed by atoms with Crippen LogP contribution >= 0.6 is 0 Å². The van der Waals surface area contributed by atoms with E-state index in [1.165, 1.54) is 12.8 Å². The molecule has 128 valence electrons. The van der Waals surface area contributed by atoms with Gasteiger partial charge in [0.05, 0.1) is 6.10 Å². The zero-order valence-electron chi connectivity index (χ0n) is 13.4. The van der Waals surface area contributed by atoms with Crippen LogP contribution in [-0.2, 0) is 14.3 Å². The largest absolute Gasteiger partial charge is 0.363 e. The van der Waals surface area contributed by atoms with Crippen molar-refractivity contribution in [3.63, 3.8) is 0 Å². The van der Waals surface area contributed by atoms with Gasteiger partial charge < -0.3 is 15.0 Å². The molecule has 5 nitrogen and oxygen atoms in total. The number of piperidine rings is 1. The summed E-state index contributed by atoms with van der Waals surface area (Å²) >= 11 is 0. The summed E-state index contributed by atoms with van der Waals surface area (Å²) < 4.78 is 20.2. The van der Waals surface area contributed by atoms with Gasteiger partial charge in [-0.1, -0.05) is 0 Å². The van der Waals surface area contributed by atoms with Crippen molar-refractivity contribution >= 4 is 11.8 Å². The topological polar surface area (TPSA) is 58.6 Å². The third-order valence-electron chi connectivity index (χ3n) is 5.92. The van der Waals surface area contributed by atoms with Crippen LogP contribution in [0.2, 0.25) is 0 Å². The first kappa shape index (κ1) is 15.4. The smallest absolute Gasteiger partial charge is 0.260 e. The van der Waals surface area contributed by atoms with E-state index in [0.29, 0.717) is 37.8 Å². The third kappa shape index (κ3) is 2.97. The Kier molecular flexibility index (Phi) is 3.82. The summed E-state index contributed by atoms with van der Waals surface area (Å²) in [5, 5.41) is 2.97. The molecule has 0 aromatic rings. The first-order chi connectivity index (χ1) is 11.0. The highest BCUT2D eigenvalue weighted by atomic mass is 19.1. The van der Waals surface area contributed by atoms with E-state index < -0.39 is 11.8 Å². The lowest BCUT2D eigenvalue weighted by atomic mass is 9.80. The van der Waals surface area contributed by atoms with Crippen LogP contribution in [0.5, 0.6) is 0 Å². The standard InChI is InChI=1S/C17H25FN2O3/c18-17(5-1-6-17)16(22)20-7-4-12-8-13(23-14(12)10-20)15(21)19-9-11-2-3-11/h11-14H,1-10H2,(H,19,21)/t12-,13-,14+/m0/s1. The van der Waals surface area contributed by atoms with Gasteiger partial charge in [-0.25, -0.2) is 4.39 Å². The SMILES string of the molecule is O=C(NCC1CC1)[C@@H]1C[C@@H]2CCN(C(=O)C3(F)CCC3)C[C@H]2O1. The molecule has 4 rings (SSSR count). The quantitative estimate of drug-likeness (QED) is 0.851. The summed E-state index contributed by atoms with van der Waals surface area (Å²) in [7, 11) is 0. The maximum absolute atomic E-state index is 14.3. The van der Waals surface area contributed by atoms with Crippen molar-refractivity contribution in [2.75, 3.05) is 19.6 Å². The molecule has 0 spiro atoms. The highest BCUT2D eigenvalue weighted by Gasteiger charge is 2.50. The molecule has 6 heteroatoms. The molecule has 1 N–H and O–H groups in total. The Balaban J connectivity index is 1.31. The maximum Gasteiger partial charge on any atom is 0.260 e. The average molecular weight is 324 g/mol. The maximum atomic E-state index is 14.3. The average Bonchev–Trinajstić information content (AvgIpc) is 3.25. The van der Waals surface area contributed by atoms with Gasteiger partial charge in [0.1, 0.15) is 6.10 Å². The molecule has 4 aliphatic rings. The monoisotopic (exact) mass is 324 g/mol. The molecule has 2 saturated carbocycles. The van der Waals surface area contributed by atoms with E-state index in [2.05, 4.69) is 5.32 Å². The molecule has 0 aromatic heterocycles. The predicted octanol–water partition coefficient (Wildman–Crippen LogP) is 1.41. The van der Waals surface area contributed by atoms with E-state index in [1.807, 2.05) is 0 Å². The molecule has 2 saturated heterocycles. The summed E-state index contributed by atoms with van der Waals surface area (Å²) in [6.45, 7) is 1.77. The number of carbonyl (C=O) groups excluding carboxylic acids is 2. The molecule has 2 aliphatic heterocycles. The van der Waals surface area contributed by atoms with E-state index in [4.69, 9.17) is 4.74 Å². The van der Waals surface area contributed by atoms with Crippen molar-refractivity contribution in [1.82, 2.24) is 10.2 Å². The zero-order valence-corrected chi connectivity index (χ0v) is 13.4. The van der Waals surface area contributed by atoms with Crippen LogP contribution in [0.3, 0.4) is 0 Å². The van der Waals surface area contributed by atoms with Crippen molar-refractivity contribution < 1.29 is 18.7 Å². The number of nitrogens with zero attached hydrogens (tertiary/aromatic N) is 1. The van der Waals surface area contributed by atoms with Crippen molar-refractivity contribution in [2.24, 2.45) is 11.8 Å². The zero-order chi connectivity index (χ0) is 16.0. The molecule has 3 atom stereocenters. The number of ether oxygens (including phenoxy) is 1. The molecular weight excluding hydrogens is 299 g/mol. The number of carbonyl (C=O) groups is 2. The first-order valence-corrected chi connectivity index (χ1v) is 8.97. The normalized spacial score (nSPS) is 35.3. The summed E-state index contributed by atoms with van der Waals surface area (Å²) in [6, 6.07) is 0. The van der Waals surface area contributed by atoms with Crippen LogP contribution in [0.25, 0.3) is 0 Å². The van der Waals surface area contributed by atoms with Gasteiger partial charge in [-0.15, -0.1) is 0 Å². The Morgan fingerprint density at radius 2 is 2.04 bits per heavy atom. The fraction of sp³-hybridized carbons (Fsp3) is 0.882. The minimum Gasteiger partial charge on any atom is -0.363 e. The van der Waals surface area contributed by atoms with Crippen molar-refractivity contribution in [2.45, 2.75) is 62.8 Å². The van der Waals surface area contributed by atoms with E-state index in [0.717, 1.165) is 25.8 Å². The molecule has 0 unspecified atom stereocenters. The van der Waals surface area contributed by atoms with Crippen molar-refractivity contribution in [1.29, 1.82) is 0 Å². The Hall–Kier alpha value is -1.17. The van der Waals surface area contributed by atoms with E-state index in [1.54, 1.807) is 4.90 Å². The Morgan fingerprint density at radius 1 is 1.26 bits per heavy atom. The molecule has 2 aliphatic carbocycles. The lowest BCUT2D eigenvalue weighted by Crippen LogP contribution is -2.55. The molecule has 23 heavy (non-hydrogen) atoms. The summed E-state index contributed by atoms with van der Waals surface area (Å²) in [4.78, 5) is 26.1. The number of nitrogens with one attached hydrogen (secondary N) is 1. The fourth-order valence-corrected chi connectivity index (χ4v) is 3.95. The van der Waals surface area contributed by atoms with Gasteiger partial charge in [-0.2, -0.15) is 0 Å². The van der Waals surface area contributed by atoms with Gasteiger partial charge in [0.15, 0.2) is 5.67 Å². The summed E-state index contributed by atoms with van der Waals surface area (Å²) in [5.74, 6) is 0.573. The summed E-state index contributed by atoms with van der Waals surface area (Å²) in [5.41, 5.74) is -1.63. The lowest BCUT2D eigenvalue weighted by molar-refractivity contribution is -0.154. The highest BCUT2D eigenvalue weighted by molar-refractivity contribution is 5.86. The Labute approximate surface area is 135 Å². The second kappa shape index (κ2) is 5.72. The van der Waals surface area contributed by atoms with E-state index in [9.17, 15) is 14.0 Å². The van der Waals surface area contributed by atoms with Crippen LogP contribution in [0.1, 0.15) is 44.9 Å². The third-order valence-corrected chi connectivity index (χ3v) is 5.92. The number of rotatable bonds is 4. The molecule has 0 radical (unpaired) electrons. The van der Waals surface area contributed by atoms with Gasteiger partial charge in [-0.05, 0) is 56.8 Å². The van der Waals surface area contributed by atoms with Crippen molar-refractivity contribution in [3.05, 3.63) is 0 Å². The number of halogens is 1. The van der Waals surface area contributed by atoms with Gasteiger partial charge in [0, 0.05) is 19.6 Å². The Morgan fingerprint density at radius 3 is 2.70 bits per heavy atom. The van der Waals surface area contributed by atoms with Crippen LogP contribution < -0.4 is 5.32 Å². The van der Waals surface area contributed by atoms with Crippen molar-refractivity contribution in [3.8, 4) is 0 Å².